The molecule has 0 heterocycles. The van der Waals surface area contributed by atoms with E-state index in [1.165, 1.54) is 8.35 Å². The van der Waals surface area contributed by atoms with Gasteiger partial charge in [0.05, 0.1) is 0 Å². The summed E-state index contributed by atoms with van der Waals surface area (Å²) in [5.74, 6) is 0. The number of rotatable bonds is 2. The third kappa shape index (κ3) is 4.87. The Hall–Kier alpha value is 0.870. The zero-order valence-corrected chi connectivity index (χ0v) is 7.29. The summed E-state index contributed by atoms with van der Waals surface area (Å²) in [5.41, 5.74) is 0. The fraction of sp³-hybridized carbons (Fsp3) is 1.00. The first-order chi connectivity index (χ1) is 2.41. The van der Waals surface area contributed by atoms with Crippen LogP contribution in [0.1, 0.15) is 15.3 Å². The van der Waals surface area contributed by atoms with E-state index in [1.54, 1.807) is 0 Å². The van der Waals surface area contributed by atoms with Gasteiger partial charge in [-0.2, -0.15) is 0 Å². The van der Waals surface area contributed by atoms with Crippen molar-refractivity contribution in [1.82, 2.24) is 0 Å². The van der Waals surface area contributed by atoms with E-state index in [4.69, 9.17) is 0 Å². The van der Waals surface area contributed by atoms with Crippen molar-refractivity contribution in [3.05, 3.63) is 0 Å². The number of hydrogen-bond donors (Lipinski definition) is 0. The maximum Gasteiger partial charge on any atom is -1.00 e. The maximum absolute atomic E-state index is 2.30. The van der Waals surface area contributed by atoms with Crippen LogP contribution >= 0.6 is 0 Å². The Morgan fingerprint density at radius 1 is 1.40 bits per heavy atom. The molecule has 0 aliphatic carbocycles. The van der Waals surface area contributed by atoms with E-state index < -0.39 is 0 Å². The van der Waals surface area contributed by atoms with E-state index in [2.05, 4.69) is 13.8 Å². The van der Waals surface area contributed by atoms with Gasteiger partial charge in [0.2, 0.25) is 0 Å². The van der Waals surface area contributed by atoms with Crippen LogP contribution in [-0.4, -0.2) is 22.9 Å². The molecule has 0 nitrogen and oxygen atoms in total. The molecule has 0 aliphatic heterocycles. The second-order valence-corrected chi connectivity index (χ2v) is 7.41. The Labute approximate surface area is 46.8 Å². The summed E-state index contributed by atoms with van der Waals surface area (Å²) in [5, 5.41) is 0. The van der Waals surface area contributed by atoms with E-state index in [9.17, 15) is 0 Å². The average molecular weight is 174 g/mol. The summed E-state index contributed by atoms with van der Waals surface area (Å²) >= 11 is 0.0800. The molecule has 0 amide bonds. The van der Waals surface area contributed by atoms with Crippen molar-refractivity contribution in [3.63, 3.8) is 0 Å². The van der Waals surface area contributed by atoms with Gasteiger partial charge in [0.15, 0.2) is 0 Å². The van der Waals surface area contributed by atoms with Crippen LogP contribution in [0.4, 0.5) is 0 Å². The minimum absolute atomic E-state index is 0. The molecule has 0 aliphatic rings. The molecule has 0 unspecified atom stereocenters. The molecule has 0 N–H and O–H groups in total. The first-order valence-electron chi connectivity index (χ1n) is 2.23. The molecule has 0 radical (unpaired) electrons. The van der Waals surface area contributed by atoms with Gasteiger partial charge < -0.3 is 1.43 Å². The quantitative estimate of drug-likeness (QED) is 0.597. The van der Waals surface area contributed by atoms with Gasteiger partial charge in [0.25, 0.3) is 0 Å². The SMILES string of the molecule is C[CH2][In+][CH2]C.[H-]. The molecular formula is C4H11In. The van der Waals surface area contributed by atoms with Gasteiger partial charge in [-0.25, -0.2) is 0 Å². The molecule has 1 heteroatoms. The van der Waals surface area contributed by atoms with Crippen molar-refractivity contribution in [3.8, 4) is 0 Å². The second kappa shape index (κ2) is 4.87. The Morgan fingerprint density at radius 2 is 1.80 bits per heavy atom. The van der Waals surface area contributed by atoms with Crippen LogP contribution in [0, 0.1) is 0 Å². The topological polar surface area (TPSA) is 0 Å². The standard InChI is InChI=1S/2C2H5.In.H/c2*1-2;;/h2*1H2,2H3;;/q;;+1;-1. The first-order valence-corrected chi connectivity index (χ1v) is 6.89. The predicted molar refractivity (Wildman–Crippen MR) is 27.8 cm³/mol. The molecule has 30 valence electrons. The molecule has 5 heavy (non-hydrogen) atoms. The largest absolute Gasteiger partial charge is 1.00 e. The van der Waals surface area contributed by atoms with Crippen LogP contribution in [0.3, 0.4) is 0 Å². The summed E-state index contributed by atoms with van der Waals surface area (Å²) in [6.45, 7) is 4.59. The predicted octanol–water partition coefficient (Wildman–Crippen LogP) is 1.68. The van der Waals surface area contributed by atoms with Gasteiger partial charge in [-0.15, -0.1) is 0 Å². The van der Waals surface area contributed by atoms with Crippen molar-refractivity contribution in [2.24, 2.45) is 0 Å². The first kappa shape index (κ1) is 5.87. The zero-order valence-electron chi connectivity index (χ0n) is 4.99. The third-order valence-corrected chi connectivity index (χ3v) is 3.87. The van der Waals surface area contributed by atoms with E-state index >= 15 is 0 Å². The van der Waals surface area contributed by atoms with Gasteiger partial charge in [0, 0.05) is 0 Å². The van der Waals surface area contributed by atoms with Crippen molar-refractivity contribution >= 4 is 22.9 Å². The fourth-order valence-corrected chi connectivity index (χ4v) is 1.94. The molecule has 0 rings (SSSR count). The van der Waals surface area contributed by atoms with E-state index in [-0.39, 0.29) is 24.3 Å². The monoisotopic (exact) mass is 174 g/mol. The third-order valence-electron chi connectivity index (χ3n) is 0.577. The zero-order chi connectivity index (χ0) is 4.12. The Balaban J connectivity index is 0. The van der Waals surface area contributed by atoms with E-state index in [0.29, 0.717) is 0 Å². The van der Waals surface area contributed by atoms with Gasteiger partial charge in [-0.3, -0.25) is 0 Å². The minimum atomic E-state index is 0. The van der Waals surface area contributed by atoms with Crippen LogP contribution in [-0.2, 0) is 0 Å². The van der Waals surface area contributed by atoms with Crippen LogP contribution in [0.15, 0.2) is 0 Å². The van der Waals surface area contributed by atoms with Crippen molar-refractivity contribution in [2.75, 3.05) is 0 Å². The van der Waals surface area contributed by atoms with Crippen LogP contribution in [0.25, 0.3) is 0 Å². The summed E-state index contributed by atoms with van der Waals surface area (Å²) in [7, 11) is 0. The minimum Gasteiger partial charge on any atom is -1.00 e. The average Bonchev–Trinajstić information content (AvgIpc) is 1.41. The smallest absolute Gasteiger partial charge is 1.00 e. The molecule has 0 saturated heterocycles. The van der Waals surface area contributed by atoms with E-state index in [1.807, 2.05) is 0 Å². The molecule has 0 aromatic carbocycles. The second-order valence-electron chi connectivity index (χ2n) is 1.11. The van der Waals surface area contributed by atoms with Crippen molar-refractivity contribution in [1.29, 1.82) is 0 Å². The maximum atomic E-state index is 2.30. The van der Waals surface area contributed by atoms with Crippen molar-refractivity contribution < 1.29 is 1.43 Å². The molecule has 0 saturated carbocycles. The molecule has 0 atom stereocenters. The van der Waals surface area contributed by atoms with Crippen molar-refractivity contribution in [2.45, 2.75) is 22.2 Å². The summed E-state index contributed by atoms with van der Waals surface area (Å²) < 4.78 is 3.07. The molecule has 0 bridgehead atoms. The molecule has 0 fully saturated rings. The van der Waals surface area contributed by atoms with Crippen LogP contribution in [0.2, 0.25) is 8.35 Å². The van der Waals surface area contributed by atoms with Gasteiger partial charge in [-0.1, -0.05) is 0 Å². The summed E-state index contributed by atoms with van der Waals surface area (Å²) in [6, 6.07) is 0. The Kier molecular flexibility index (Phi) is 5.72. The van der Waals surface area contributed by atoms with Gasteiger partial charge in [-0.05, 0) is 0 Å². The summed E-state index contributed by atoms with van der Waals surface area (Å²) in [6.07, 6.45) is 0. The molecule has 0 aromatic rings. The van der Waals surface area contributed by atoms with E-state index in [0.717, 1.165) is 0 Å². The summed E-state index contributed by atoms with van der Waals surface area (Å²) in [4.78, 5) is 0. The molecule has 0 aromatic heterocycles. The normalized spacial score (nSPS) is 6.80. The van der Waals surface area contributed by atoms with Crippen LogP contribution in [0.5, 0.6) is 0 Å². The Bertz CT molecular complexity index is 15.0. The number of hydrogen-bond acceptors (Lipinski definition) is 0. The Morgan fingerprint density at radius 3 is 1.80 bits per heavy atom. The van der Waals surface area contributed by atoms with Gasteiger partial charge in [0.1, 0.15) is 0 Å². The van der Waals surface area contributed by atoms with Crippen LogP contribution < -0.4 is 0 Å². The fourth-order valence-electron chi connectivity index (χ4n) is 0.289. The molecular weight excluding hydrogens is 163 g/mol. The van der Waals surface area contributed by atoms with Gasteiger partial charge >= 0.3 is 45.1 Å². The molecule has 0 spiro atoms.